The SMILES string of the molecule is C=CC(=O)O.C=Nc1ccc(OC)cc1/C=C/NNC(N)=NCCCCC.O=CO. The molecule has 1 rings (SSSR count). The van der Waals surface area contributed by atoms with E-state index in [2.05, 4.69) is 41.1 Å². The van der Waals surface area contributed by atoms with Gasteiger partial charge >= 0.3 is 5.97 Å². The standard InChI is InChI=1S/C16H25N5O.C3H4O2.CH2O2/c1-4-5-6-10-19-16(17)21-20-11-9-13-12-14(22-3)7-8-15(13)18-2;1-2-3(4)5;2-1-3/h7-9,11-12,20H,2,4-6,10H2,1,3H3,(H3,17,19,21);2H,1H2,(H,4,5);1H,(H,2,3)/b11-9+;;. The van der Waals surface area contributed by atoms with Crippen molar-refractivity contribution in [1.82, 2.24) is 10.9 Å². The minimum atomic E-state index is -0.981. The summed E-state index contributed by atoms with van der Waals surface area (Å²) in [6, 6.07) is 5.57. The highest BCUT2D eigenvalue weighted by Crippen LogP contribution is 2.24. The Balaban J connectivity index is 0. The number of nitrogens with zero attached hydrogens (tertiary/aromatic N) is 2. The first-order valence-corrected chi connectivity index (χ1v) is 8.96. The second-order valence-corrected chi connectivity index (χ2v) is 5.31. The maximum Gasteiger partial charge on any atom is 0.327 e. The summed E-state index contributed by atoms with van der Waals surface area (Å²) in [4.78, 5) is 25.8. The summed E-state index contributed by atoms with van der Waals surface area (Å²) in [5.74, 6) is 0.149. The number of carbonyl (C=O) groups is 2. The number of ether oxygens (including phenoxy) is 1. The van der Waals surface area contributed by atoms with Crippen LogP contribution in [0.15, 0.2) is 47.0 Å². The number of benzene rings is 1. The minimum absolute atomic E-state index is 0.250. The molecule has 30 heavy (non-hydrogen) atoms. The van der Waals surface area contributed by atoms with Crippen LogP contribution in [0.2, 0.25) is 0 Å². The van der Waals surface area contributed by atoms with Crippen molar-refractivity contribution in [2.24, 2.45) is 15.7 Å². The number of hydrogen-bond acceptors (Lipinski definition) is 6. The van der Waals surface area contributed by atoms with Gasteiger partial charge < -0.3 is 26.1 Å². The minimum Gasteiger partial charge on any atom is -0.497 e. The summed E-state index contributed by atoms with van der Waals surface area (Å²) in [6.45, 7) is 9.15. The summed E-state index contributed by atoms with van der Waals surface area (Å²) in [5.41, 5.74) is 13.1. The number of rotatable bonds is 10. The topological polar surface area (TPSA) is 159 Å². The highest BCUT2D eigenvalue weighted by atomic mass is 16.5. The Labute approximate surface area is 176 Å². The van der Waals surface area contributed by atoms with E-state index in [9.17, 15) is 4.79 Å². The molecule has 0 radical (unpaired) electrons. The summed E-state index contributed by atoms with van der Waals surface area (Å²) in [7, 11) is 1.62. The third-order valence-electron chi connectivity index (χ3n) is 3.17. The first kappa shape index (κ1) is 28.4. The van der Waals surface area contributed by atoms with Gasteiger partial charge in [-0.2, -0.15) is 0 Å². The fraction of sp³-hybridized carbons (Fsp3) is 0.300. The summed E-state index contributed by atoms with van der Waals surface area (Å²) < 4.78 is 5.19. The van der Waals surface area contributed by atoms with Crippen LogP contribution >= 0.6 is 0 Å². The number of carboxylic acid groups (broad SMARTS) is 2. The molecule has 6 N–H and O–H groups in total. The molecular formula is C20H31N5O5. The van der Waals surface area contributed by atoms with Crippen molar-refractivity contribution in [3.63, 3.8) is 0 Å². The molecule has 10 heteroatoms. The van der Waals surface area contributed by atoms with Gasteiger partial charge in [0.25, 0.3) is 6.47 Å². The van der Waals surface area contributed by atoms with Gasteiger partial charge in [-0.05, 0) is 37.4 Å². The number of nitrogens with two attached hydrogens (primary N) is 1. The molecule has 0 heterocycles. The predicted molar refractivity (Wildman–Crippen MR) is 120 cm³/mol. The molecule has 0 amide bonds. The van der Waals surface area contributed by atoms with Crippen LogP contribution in [0.4, 0.5) is 5.69 Å². The molecule has 0 fully saturated rings. The van der Waals surface area contributed by atoms with Gasteiger partial charge in [-0.3, -0.25) is 20.2 Å². The zero-order valence-corrected chi connectivity index (χ0v) is 17.4. The van der Waals surface area contributed by atoms with Gasteiger partial charge in [-0.15, -0.1) is 0 Å². The Morgan fingerprint density at radius 1 is 1.37 bits per heavy atom. The van der Waals surface area contributed by atoms with Gasteiger partial charge in [0, 0.05) is 24.4 Å². The molecule has 1 aromatic rings. The molecule has 0 saturated heterocycles. The summed E-state index contributed by atoms with van der Waals surface area (Å²) in [6.07, 6.45) is 7.79. The van der Waals surface area contributed by atoms with Crippen LogP contribution in [0.25, 0.3) is 6.08 Å². The van der Waals surface area contributed by atoms with E-state index in [0.29, 0.717) is 5.96 Å². The molecule has 1 aromatic carbocycles. The highest BCUT2D eigenvalue weighted by Gasteiger charge is 1.99. The number of aliphatic imine (C=N–C) groups is 2. The summed E-state index contributed by atoms with van der Waals surface area (Å²) >= 11 is 0. The normalized spacial score (nSPS) is 9.87. The van der Waals surface area contributed by atoms with Crippen molar-refractivity contribution in [3.05, 3.63) is 42.6 Å². The Hall–Kier alpha value is -3.82. The Kier molecular flexibility index (Phi) is 18.9. The predicted octanol–water partition coefficient (Wildman–Crippen LogP) is 2.55. The Morgan fingerprint density at radius 2 is 2.00 bits per heavy atom. The van der Waals surface area contributed by atoms with E-state index in [1.807, 2.05) is 24.3 Å². The van der Waals surface area contributed by atoms with Crippen LogP contribution in [0.1, 0.15) is 31.7 Å². The lowest BCUT2D eigenvalue weighted by Gasteiger charge is -2.06. The van der Waals surface area contributed by atoms with E-state index in [-0.39, 0.29) is 6.47 Å². The molecule has 0 spiro atoms. The molecular weight excluding hydrogens is 390 g/mol. The van der Waals surface area contributed by atoms with Gasteiger partial charge in [-0.25, -0.2) is 4.79 Å². The largest absolute Gasteiger partial charge is 0.497 e. The van der Waals surface area contributed by atoms with E-state index >= 15 is 0 Å². The molecule has 0 saturated carbocycles. The molecule has 0 bridgehead atoms. The number of hydrogen-bond donors (Lipinski definition) is 5. The number of carboxylic acids is 1. The number of guanidine groups is 1. The monoisotopic (exact) mass is 421 g/mol. The van der Waals surface area contributed by atoms with Crippen molar-refractivity contribution in [2.75, 3.05) is 13.7 Å². The quantitative estimate of drug-likeness (QED) is 0.0962. The fourth-order valence-electron chi connectivity index (χ4n) is 1.78. The molecule has 0 aromatic heterocycles. The first-order chi connectivity index (χ1) is 14.4. The average molecular weight is 421 g/mol. The van der Waals surface area contributed by atoms with Gasteiger partial charge in [-0.1, -0.05) is 26.3 Å². The Bertz CT molecular complexity index is 705. The second-order valence-electron chi connectivity index (χ2n) is 5.31. The van der Waals surface area contributed by atoms with Gasteiger partial charge in [0.05, 0.1) is 12.8 Å². The zero-order valence-electron chi connectivity index (χ0n) is 17.4. The third-order valence-corrected chi connectivity index (χ3v) is 3.17. The number of nitrogens with one attached hydrogen (secondary N) is 2. The maximum absolute atomic E-state index is 9.25. The number of aliphatic carboxylic acids is 1. The van der Waals surface area contributed by atoms with Crippen LogP contribution in [0.5, 0.6) is 5.75 Å². The summed E-state index contributed by atoms with van der Waals surface area (Å²) in [5, 5.41) is 14.5. The van der Waals surface area contributed by atoms with E-state index in [1.165, 1.54) is 6.42 Å². The maximum atomic E-state index is 9.25. The first-order valence-electron chi connectivity index (χ1n) is 8.96. The lowest BCUT2D eigenvalue weighted by atomic mass is 10.1. The molecule has 0 aliphatic carbocycles. The van der Waals surface area contributed by atoms with Crippen LogP contribution in [0, 0.1) is 0 Å². The van der Waals surface area contributed by atoms with Crippen molar-refractivity contribution >= 4 is 36.9 Å². The average Bonchev–Trinajstić information content (AvgIpc) is 2.75. The van der Waals surface area contributed by atoms with E-state index < -0.39 is 5.97 Å². The van der Waals surface area contributed by atoms with Gasteiger partial charge in [0.2, 0.25) is 5.96 Å². The molecule has 0 unspecified atom stereocenters. The number of methoxy groups -OCH3 is 1. The zero-order chi connectivity index (χ0) is 23.2. The van der Waals surface area contributed by atoms with Gasteiger partial charge in [0.15, 0.2) is 0 Å². The van der Waals surface area contributed by atoms with Crippen molar-refractivity contribution in [2.45, 2.75) is 26.2 Å². The lowest BCUT2D eigenvalue weighted by Crippen LogP contribution is -2.39. The fourth-order valence-corrected chi connectivity index (χ4v) is 1.78. The van der Waals surface area contributed by atoms with Crippen LogP contribution in [-0.2, 0) is 9.59 Å². The van der Waals surface area contributed by atoms with Crippen molar-refractivity contribution in [1.29, 1.82) is 0 Å². The highest BCUT2D eigenvalue weighted by molar-refractivity contribution is 5.78. The molecule has 0 aliphatic heterocycles. The lowest BCUT2D eigenvalue weighted by molar-refractivity contribution is -0.131. The van der Waals surface area contributed by atoms with Crippen LogP contribution in [0.3, 0.4) is 0 Å². The van der Waals surface area contributed by atoms with Crippen LogP contribution in [-0.4, -0.2) is 49.0 Å². The third kappa shape index (κ3) is 16.4. The van der Waals surface area contributed by atoms with Crippen molar-refractivity contribution in [3.8, 4) is 5.75 Å². The van der Waals surface area contributed by atoms with Crippen molar-refractivity contribution < 1.29 is 24.5 Å². The smallest absolute Gasteiger partial charge is 0.327 e. The molecule has 166 valence electrons. The van der Waals surface area contributed by atoms with E-state index in [4.69, 9.17) is 25.5 Å². The van der Waals surface area contributed by atoms with Gasteiger partial charge in [0.1, 0.15) is 5.75 Å². The van der Waals surface area contributed by atoms with Crippen LogP contribution < -0.4 is 21.3 Å². The Morgan fingerprint density at radius 3 is 2.50 bits per heavy atom. The van der Waals surface area contributed by atoms with E-state index in [0.717, 1.165) is 42.5 Å². The molecule has 0 aliphatic rings. The number of hydrazine groups is 1. The number of unbranched alkanes of at least 4 members (excludes halogenated alkanes) is 2. The molecule has 0 atom stereocenters. The van der Waals surface area contributed by atoms with E-state index in [1.54, 1.807) is 13.3 Å². The second kappa shape index (κ2) is 19.9. The molecule has 10 nitrogen and oxygen atoms in total.